The molecule has 188 valence electrons. The van der Waals surface area contributed by atoms with Gasteiger partial charge in [0.25, 0.3) is 0 Å². The molecule has 6 rings (SSSR count). The van der Waals surface area contributed by atoms with Gasteiger partial charge in [-0.2, -0.15) is 0 Å². The van der Waals surface area contributed by atoms with Gasteiger partial charge in [0.2, 0.25) is 5.71 Å². The Morgan fingerprint density at radius 3 is 2.41 bits per heavy atom. The molecule has 3 heterocycles. The zero-order valence-electron chi connectivity index (χ0n) is 28.8. The van der Waals surface area contributed by atoms with Gasteiger partial charge in [0.15, 0.2) is 0 Å². The molecule has 0 bridgehead atoms. The number of benzene rings is 2. The molecule has 2 aromatic carbocycles. The van der Waals surface area contributed by atoms with Crippen molar-refractivity contribution in [2.24, 2.45) is 10.8 Å². The van der Waals surface area contributed by atoms with Gasteiger partial charge in [-0.15, -0.1) is 0 Å². The smallest absolute Gasteiger partial charge is 0.227 e. The Kier molecular flexibility index (Phi) is 3.96. The lowest BCUT2D eigenvalue weighted by atomic mass is 9.60. The first-order valence-corrected chi connectivity index (χ1v) is 12.8. The summed E-state index contributed by atoms with van der Waals surface area (Å²) < 4.78 is 63.4. The largest absolute Gasteiger partial charge is 0.437 e. The van der Waals surface area contributed by atoms with Crippen molar-refractivity contribution in [2.45, 2.75) is 66.6 Å². The van der Waals surface area contributed by atoms with Crippen molar-refractivity contribution >= 4 is 22.1 Å². The number of aryl methyl sites for hydroxylation is 2. The Morgan fingerprint density at radius 1 is 0.892 bits per heavy atom. The average molecular weight is 496 g/mol. The summed E-state index contributed by atoms with van der Waals surface area (Å²) >= 11 is 0. The predicted molar refractivity (Wildman–Crippen MR) is 154 cm³/mol. The van der Waals surface area contributed by atoms with E-state index >= 15 is 0 Å². The first-order chi connectivity index (χ1) is 20.4. The van der Waals surface area contributed by atoms with Gasteiger partial charge < -0.3 is 4.42 Å². The van der Waals surface area contributed by atoms with Crippen LogP contribution in [0.4, 0.5) is 0 Å². The summed E-state index contributed by atoms with van der Waals surface area (Å²) in [6.07, 6.45) is 3.98. The molecule has 0 N–H and O–H groups in total. The Hall–Kier alpha value is -3.46. The zero-order chi connectivity index (χ0) is 31.9. The van der Waals surface area contributed by atoms with Crippen molar-refractivity contribution in [3.63, 3.8) is 0 Å². The molecule has 0 radical (unpaired) electrons. The Morgan fingerprint density at radius 2 is 1.68 bits per heavy atom. The van der Waals surface area contributed by atoms with Crippen molar-refractivity contribution in [2.75, 3.05) is 0 Å². The van der Waals surface area contributed by atoms with Gasteiger partial charge in [-0.25, -0.2) is 4.98 Å². The Labute approximate surface area is 229 Å². The third kappa shape index (κ3) is 4.45. The summed E-state index contributed by atoms with van der Waals surface area (Å²) in [4.78, 5) is 8.81. The molecule has 3 heteroatoms. The van der Waals surface area contributed by atoms with Gasteiger partial charge in [-0.3, -0.25) is 4.98 Å². The molecule has 1 saturated carbocycles. The standard InChI is InChI=1S/C34H36N2O/c1-21-19-35-30(28-9-7-8-26-27-15-10-22(2)36-32(27)37-31(26)28)16-29(21)24-13-11-23(12-14-24)25-17-33(3,4)20-34(5,6)18-25/h7-16,19,25H,17-18,20H2,1-6H3/i1D3,2D3,25D. The summed E-state index contributed by atoms with van der Waals surface area (Å²) in [5, 5.41) is 1.44. The first kappa shape index (κ1) is 17.1. The van der Waals surface area contributed by atoms with Crippen LogP contribution >= 0.6 is 0 Å². The van der Waals surface area contributed by atoms with Crippen LogP contribution in [0.15, 0.2) is 71.3 Å². The van der Waals surface area contributed by atoms with Gasteiger partial charge in [0, 0.05) is 37.8 Å². The molecule has 37 heavy (non-hydrogen) atoms. The minimum atomic E-state index is -2.39. The fraction of sp³-hybridized carbons (Fsp3) is 0.353. The van der Waals surface area contributed by atoms with Gasteiger partial charge >= 0.3 is 0 Å². The lowest BCUT2D eigenvalue weighted by molar-refractivity contribution is 0.0969. The summed E-state index contributed by atoms with van der Waals surface area (Å²) in [6, 6.07) is 18.3. The van der Waals surface area contributed by atoms with Gasteiger partial charge in [0.1, 0.15) is 5.58 Å². The fourth-order valence-corrected chi connectivity index (χ4v) is 6.45. The van der Waals surface area contributed by atoms with Gasteiger partial charge in [-0.1, -0.05) is 64.1 Å². The second kappa shape index (κ2) is 8.55. The molecule has 1 aliphatic rings. The molecule has 0 spiro atoms. The maximum atomic E-state index is 9.46. The summed E-state index contributed by atoms with van der Waals surface area (Å²) in [7, 11) is 0. The van der Waals surface area contributed by atoms with Crippen molar-refractivity contribution in [3.8, 4) is 22.4 Å². The monoisotopic (exact) mass is 495 g/mol. The first-order valence-electron chi connectivity index (χ1n) is 16.3. The molecule has 1 aliphatic carbocycles. The molecule has 1 fully saturated rings. The van der Waals surface area contributed by atoms with E-state index in [2.05, 4.69) is 37.7 Å². The molecule has 5 aromatic rings. The highest BCUT2D eigenvalue weighted by atomic mass is 16.3. The van der Waals surface area contributed by atoms with Crippen molar-refractivity contribution in [3.05, 3.63) is 83.7 Å². The van der Waals surface area contributed by atoms with Crippen LogP contribution in [-0.2, 0) is 0 Å². The van der Waals surface area contributed by atoms with Crippen molar-refractivity contribution in [1.29, 1.82) is 0 Å². The second-order valence-corrected chi connectivity index (χ2v) is 12.0. The Bertz CT molecular complexity index is 1870. The van der Waals surface area contributed by atoms with Crippen LogP contribution in [0, 0.1) is 24.5 Å². The van der Waals surface area contributed by atoms with Crippen LogP contribution in [0.25, 0.3) is 44.5 Å². The maximum absolute atomic E-state index is 9.46. The average Bonchev–Trinajstić information content (AvgIpc) is 3.28. The molecule has 3 nitrogen and oxygen atoms in total. The quantitative estimate of drug-likeness (QED) is 0.250. The number of fused-ring (bicyclic) bond motifs is 3. The topological polar surface area (TPSA) is 38.9 Å². The normalized spacial score (nSPS) is 21.8. The van der Waals surface area contributed by atoms with E-state index in [0.29, 0.717) is 27.8 Å². The van der Waals surface area contributed by atoms with E-state index in [1.165, 1.54) is 12.3 Å². The summed E-state index contributed by atoms with van der Waals surface area (Å²) in [5.74, 6) is -0.732. The highest BCUT2D eigenvalue weighted by Crippen LogP contribution is 2.51. The number of nitrogens with zero attached hydrogens (tertiary/aromatic N) is 2. The lowest BCUT2D eigenvalue weighted by Crippen LogP contribution is -2.32. The highest BCUT2D eigenvalue weighted by Gasteiger charge is 2.38. The van der Waals surface area contributed by atoms with Crippen LogP contribution in [0.3, 0.4) is 0 Å². The van der Waals surface area contributed by atoms with E-state index in [1.807, 2.05) is 42.5 Å². The van der Waals surface area contributed by atoms with E-state index in [0.717, 1.165) is 35.8 Å². The molecule has 0 saturated heterocycles. The van der Waals surface area contributed by atoms with Crippen LogP contribution in [0.1, 0.15) is 79.3 Å². The van der Waals surface area contributed by atoms with E-state index in [4.69, 9.17) is 12.6 Å². The number of aromatic nitrogens is 2. The SMILES string of the molecule is [2H]C([2H])([2H])c1ccc2c(n1)oc1c(-c3cc(-c4ccc(C5([2H])CC(C)(C)CC(C)(C)C5)cc4)c(C([2H])([2H])[2H])cn3)cccc12. The minimum absolute atomic E-state index is 0.0398. The Balaban J connectivity index is 1.45. The number of hydrogen-bond donors (Lipinski definition) is 0. The van der Waals surface area contributed by atoms with E-state index in [9.17, 15) is 1.37 Å². The van der Waals surface area contributed by atoms with Crippen molar-refractivity contribution in [1.82, 2.24) is 9.97 Å². The number of furan rings is 1. The van der Waals surface area contributed by atoms with Crippen LogP contribution in [0.5, 0.6) is 0 Å². The summed E-state index contributed by atoms with van der Waals surface area (Å²) in [5.41, 5.74) is 4.22. The molecule has 0 unspecified atom stereocenters. The molecule has 3 aromatic heterocycles. The highest BCUT2D eigenvalue weighted by molar-refractivity contribution is 6.08. The third-order valence-electron chi connectivity index (χ3n) is 7.49. The molecular weight excluding hydrogens is 452 g/mol. The molecule has 0 aliphatic heterocycles. The van der Waals surface area contributed by atoms with Crippen molar-refractivity contribution < 1.29 is 14.0 Å². The van der Waals surface area contributed by atoms with Crippen LogP contribution < -0.4 is 0 Å². The number of pyridine rings is 2. The fourth-order valence-electron chi connectivity index (χ4n) is 6.45. The van der Waals surface area contributed by atoms with E-state index in [1.54, 1.807) is 12.1 Å². The number of hydrogen-bond acceptors (Lipinski definition) is 3. The third-order valence-corrected chi connectivity index (χ3v) is 7.49. The molecular formula is C34H36N2O. The van der Waals surface area contributed by atoms with Crippen LogP contribution in [-0.4, -0.2) is 9.97 Å². The van der Waals surface area contributed by atoms with E-state index in [-0.39, 0.29) is 27.8 Å². The lowest BCUT2D eigenvalue weighted by Gasteiger charge is -2.45. The maximum Gasteiger partial charge on any atom is 0.227 e. The van der Waals surface area contributed by atoms with Crippen LogP contribution in [0.2, 0.25) is 0 Å². The molecule has 0 atom stereocenters. The molecule has 0 amide bonds. The van der Waals surface area contributed by atoms with Gasteiger partial charge in [0.05, 0.1) is 5.69 Å². The minimum Gasteiger partial charge on any atom is -0.437 e. The number of para-hydroxylation sites is 1. The number of rotatable bonds is 3. The van der Waals surface area contributed by atoms with E-state index < -0.39 is 19.6 Å². The second-order valence-electron chi connectivity index (χ2n) is 12.0. The van der Waals surface area contributed by atoms with Gasteiger partial charge in [-0.05, 0) is 96.2 Å². The predicted octanol–water partition coefficient (Wildman–Crippen LogP) is 9.65. The zero-order valence-corrected chi connectivity index (χ0v) is 21.8. The summed E-state index contributed by atoms with van der Waals surface area (Å²) in [6.45, 7) is 4.18.